The molecule has 1 amide bonds. The zero-order valence-corrected chi connectivity index (χ0v) is 41.4. The Morgan fingerprint density at radius 2 is 1.49 bits per heavy atom. The van der Waals surface area contributed by atoms with Gasteiger partial charge in [0.2, 0.25) is 0 Å². The van der Waals surface area contributed by atoms with Gasteiger partial charge in [-0.2, -0.15) is 5.10 Å². The van der Waals surface area contributed by atoms with Crippen LogP contribution in [0.5, 0.6) is 17.2 Å². The van der Waals surface area contributed by atoms with E-state index in [9.17, 15) is 14.7 Å². The summed E-state index contributed by atoms with van der Waals surface area (Å²) in [6.07, 6.45) is 30.9. The normalized spacial score (nSPS) is 26.5. The molecule has 0 aliphatic heterocycles. The number of hydrogen-bond acceptors (Lipinski definition) is 7. The molecule has 8 atom stereocenters. The number of unbranched alkanes of at least 4 members (excludes halogenated alkanes) is 9. The Hall–Kier alpha value is -3.81. The van der Waals surface area contributed by atoms with Crippen LogP contribution in [0.15, 0.2) is 59.2 Å². The van der Waals surface area contributed by atoms with Gasteiger partial charge in [0.25, 0.3) is 5.91 Å². The lowest BCUT2D eigenvalue weighted by Crippen LogP contribution is -2.51. The van der Waals surface area contributed by atoms with Crippen LogP contribution in [0.3, 0.4) is 0 Å². The first-order valence-electron chi connectivity index (χ1n) is 26.3. The topological polar surface area (TPSA) is 106 Å². The molecule has 8 nitrogen and oxygen atoms in total. The van der Waals surface area contributed by atoms with Crippen LogP contribution in [0.1, 0.15) is 205 Å². The molecule has 3 fully saturated rings. The Morgan fingerprint density at radius 3 is 2.22 bits per heavy atom. The molecule has 0 spiro atoms. The van der Waals surface area contributed by atoms with Gasteiger partial charge in [0.15, 0.2) is 0 Å². The highest BCUT2D eigenvalue weighted by Crippen LogP contribution is 2.67. The molecule has 0 aromatic heterocycles. The van der Waals surface area contributed by atoms with E-state index in [0.29, 0.717) is 41.9 Å². The van der Waals surface area contributed by atoms with Crippen molar-refractivity contribution in [3.05, 3.63) is 65.2 Å². The van der Waals surface area contributed by atoms with E-state index in [1.165, 1.54) is 103 Å². The van der Waals surface area contributed by atoms with Gasteiger partial charge >= 0.3 is 5.97 Å². The molecule has 65 heavy (non-hydrogen) atoms. The summed E-state index contributed by atoms with van der Waals surface area (Å²) < 4.78 is 17.9. The molecular weight excluding hydrogens is 809 g/mol. The summed E-state index contributed by atoms with van der Waals surface area (Å²) in [6.45, 7) is 15.9. The molecule has 2 N–H and O–H groups in total. The van der Waals surface area contributed by atoms with Crippen molar-refractivity contribution < 1.29 is 28.9 Å². The standard InChI is InChI=1S/C57H86N2O6/c1-7-8-9-10-11-12-13-16-36-63-46-26-22-43(23-27-46)55(62)59-58-40-44-24-28-47(39-53(44)60)64-37-17-14-15-21-54(61)65-48-32-34-56(5)45(38-48)25-29-49-51-31-30-50(42(4)20-18-19-41(2)3)57(51,6)35-33-52(49)56/h22-28,39-42,48-52,60H,7-21,29-38H2,1-6H3,(H,59,62)/b58-40+/t42-,48+,49+,50-,51+,52+,56+,57-/m1/s1. The number of allylic oxidation sites excluding steroid dienone is 1. The number of hydrazone groups is 1. The molecule has 0 heterocycles. The SMILES string of the molecule is CCCCCCCCCCOc1ccc(C(=O)N/N=C/c2ccc(OCCCCCC(=O)O[C@H]3CC[C@@]4(C)C(=CC[C@H]5[C@@H]6CC[C@H]([C@H](C)CCCC(C)C)[C@@]6(C)CC[C@@H]54)C3)cc2O)cc1. The maximum absolute atomic E-state index is 13.0. The predicted molar refractivity (Wildman–Crippen MR) is 265 cm³/mol. The van der Waals surface area contributed by atoms with Crippen LogP contribution in [0.2, 0.25) is 0 Å². The molecule has 0 radical (unpaired) electrons. The number of nitrogens with zero attached hydrogens (tertiary/aromatic N) is 1. The molecule has 8 heteroatoms. The number of nitrogens with one attached hydrogen (secondary N) is 1. The summed E-state index contributed by atoms with van der Waals surface area (Å²) in [5.41, 5.74) is 5.80. The fourth-order valence-electron chi connectivity index (χ4n) is 12.8. The lowest BCUT2D eigenvalue weighted by atomic mass is 9.47. The van der Waals surface area contributed by atoms with Gasteiger partial charge in [-0.1, -0.05) is 117 Å². The number of phenols is 1. The second-order valence-corrected chi connectivity index (χ2v) is 21.6. The Balaban J connectivity index is 0.834. The zero-order valence-electron chi connectivity index (χ0n) is 41.4. The maximum Gasteiger partial charge on any atom is 0.306 e. The van der Waals surface area contributed by atoms with E-state index < -0.39 is 0 Å². The van der Waals surface area contributed by atoms with Crippen molar-refractivity contribution in [2.45, 2.75) is 195 Å². The van der Waals surface area contributed by atoms with Crippen molar-refractivity contribution in [1.29, 1.82) is 0 Å². The van der Waals surface area contributed by atoms with Gasteiger partial charge in [0.1, 0.15) is 23.4 Å². The molecule has 2 aromatic rings. The Morgan fingerprint density at radius 1 is 0.800 bits per heavy atom. The largest absolute Gasteiger partial charge is 0.507 e. The van der Waals surface area contributed by atoms with Crippen LogP contribution in [0.4, 0.5) is 0 Å². The second kappa shape index (κ2) is 24.8. The van der Waals surface area contributed by atoms with E-state index >= 15 is 0 Å². The fourth-order valence-corrected chi connectivity index (χ4v) is 12.8. The average Bonchev–Trinajstić information content (AvgIpc) is 3.65. The highest BCUT2D eigenvalue weighted by molar-refractivity contribution is 5.95. The molecule has 4 aliphatic carbocycles. The number of phenolic OH excluding ortho intramolecular Hbond substituents is 1. The summed E-state index contributed by atoms with van der Waals surface area (Å²) >= 11 is 0. The minimum atomic E-state index is -0.346. The average molecular weight is 895 g/mol. The van der Waals surface area contributed by atoms with Crippen LogP contribution in [-0.2, 0) is 9.53 Å². The van der Waals surface area contributed by atoms with Crippen molar-refractivity contribution in [2.24, 2.45) is 51.4 Å². The third-order valence-corrected chi connectivity index (χ3v) is 16.6. The first-order chi connectivity index (χ1) is 31.4. The van der Waals surface area contributed by atoms with Crippen LogP contribution < -0.4 is 14.9 Å². The molecule has 2 aromatic carbocycles. The highest BCUT2D eigenvalue weighted by atomic mass is 16.5. The van der Waals surface area contributed by atoms with Crippen molar-refractivity contribution in [2.75, 3.05) is 13.2 Å². The van der Waals surface area contributed by atoms with Gasteiger partial charge in [-0.3, -0.25) is 9.59 Å². The van der Waals surface area contributed by atoms with Crippen molar-refractivity contribution >= 4 is 18.1 Å². The molecule has 4 aliphatic rings. The van der Waals surface area contributed by atoms with Crippen LogP contribution >= 0.6 is 0 Å². The van der Waals surface area contributed by atoms with Crippen molar-refractivity contribution in [3.8, 4) is 17.2 Å². The van der Waals surface area contributed by atoms with E-state index in [1.807, 2.05) is 0 Å². The minimum Gasteiger partial charge on any atom is -0.507 e. The number of rotatable bonds is 26. The first-order valence-corrected chi connectivity index (χ1v) is 26.3. The van der Waals surface area contributed by atoms with Gasteiger partial charge in [-0.05, 0) is 153 Å². The van der Waals surface area contributed by atoms with Gasteiger partial charge in [0.05, 0.1) is 19.4 Å². The summed E-state index contributed by atoms with van der Waals surface area (Å²) in [7, 11) is 0. The summed E-state index contributed by atoms with van der Waals surface area (Å²) in [5, 5.41) is 14.6. The zero-order chi connectivity index (χ0) is 46.2. The summed E-state index contributed by atoms with van der Waals surface area (Å²) in [5.74, 6) is 5.87. The Kier molecular flexibility index (Phi) is 19.3. The molecular formula is C57H86N2O6. The molecule has 360 valence electrons. The van der Waals surface area contributed by atoms with Crippen LogP contribution in [0.25, 0.3) is 0 Å². The van der Waals surface area contributed by atoms with Gasteiger partial charge in [0, 0.05) is 30.0 Å². The number of carbonyl (C=O) groups is 2. The minimum absolute atomic E-state index is 0.00179. The lowest BCUT2D eigenvalue weighted by molar-refractivity contribution is -0.151. The number of aromatic hydroxyl groups is 1. The Labute approximate surface area is 393 Å². The molecule has 6 rings (SSSR count). The molecule has 0 unspecified atom stereocenters. The summed E-state index contributed by atoms with van der Waals surface area (Å²) in [4.78, 5) is 25.6. The van der Waals surface area contributed by atoms with E-state index in [0.717, 1.165) is 86.2 Å². The predicted octanol–water partition coefficient (Wildman–Crippen LogP) is 14.6. The smallest absolute Gasteiger partial charge is 0.306 e. The van der Waals surface area contributed by atoms with Gasteiger partial charge in [-0.25, -0.2) is 5.43 Å². The van der Waals surface area contributed by atoms with E-state index in [4.69, 9.17) is 14.2 Å². The van der Waals surface area contributed by atoms with Crippen LogP contribution in [0, 0.1) is 46.3 Å². The fraction of sp³-hybridized carbons (Fsp3) is 0.702. The van der Waals surface area contributed by atoms with E-state index in [-0.39, 0.29) is 29.1 Å². The number of benzene rings is 2. The highest BCUT2D eigenvalue weighted by Gasteiger charge is 2.59. The van der Waals surface area contributed by atoms with E-state index in [1.54, 1.807) is 48.0 Å². The maximum atomic E-state index is 13.0. The number of esters is 1. The quantitative estimate of drug-likeness (QED) is 0.0320. The summed E-state index contributed by atoms with van der Waals surface area (Å²) in [6, 6.07) is 12.1. The lowest BCUT2D eigenvalue weighted by Gasteiger charge is -2.58. The van der Waals surface area contributed by atoms with Gasteiger partial charge < -0.3 is 19.3 Å². The molecule has 0 saturated heterocycles. The molecule has 3 saturated carbocycles. The number of amides is 1. The first kappa shape index (κ1) is 50.6. The number of fused-ring (bicyclic) bond motifs is 5. The van der Waals surface area contributed by atoms with E-state index in [2.05, 4.69) is 58.1 Å². The monoisotopic (exact) mass is 895 g/mol. The number of hydrogen-bond donors (Lipinski definition) is 2. The van der Waals surface area contributed by atoms with Crippen molar-refractivity contribution in [3.63, 3.8) is 0 Å². The number of carbonyl (C=O) groups excluding carboxylic acids is 2. The third-order valence-electron chi connectivity index (χ3n) is 16.6. The second-order valence-electron chi connectivity index (χ2n) is 21.6. The van der Waals surface area contributed by atoms with Gasteiger partial charge in [-0.15, -0.1) is 0 Å². The van der Waals surface area contributed by atoms with Crippen LogP contribution in [-0.4, -0.2) is 42.5 Å². The molecule has 0 bridgehead atoms. The van der Waals surface area contributed by atoms with Crippen molar-refractivity contribution in [1.82, 2.24) is 5.43 Å². The Bertz CT molecular complexity index is 1860. The number of ether oxygens (including phenoxy) is 3. The third kappa shape index (κ3) is 13.9.